The second kappa shape index (κ2) is 7.91. The molecule has 0 aliphatic heterocycles. The number of hydrogen-bond donors (Lipinski definition) is 0. The minimum Gasteiger partial charge on any atom is -0.462 e. The number of benzene rings is 2. The Morgan fingerprint density at radius 3 is 2.48 bits per heavy atom. The van der Waals surface area contributed by atoms with Gasteiger partial charge in [-0.3, -0.25) is 4.98 Å². The van der Waals surface area contributed by atoms with Gasteiger partial charge < -0.3 is 9.47 Å². The maximum absolute atomic E-state index is 12.8. The van der Waals surface area contributed by atoms with E-state index in [2.05, 4.69) is 4.98 Å². The summed E-state index contributed by atoms with van der Waals surface area (Å²) in [6.07, 6.45) is -4.49. The van der Waals surface area contributed by atoms with Gasteiger partial charge in [0.15, 0.2) is 0 Å². The molecule has 0 radical (unpaired) electrons. The Hall–Kier alpha value is -2.80. The van der Waals surface area contributed by atoms with Crippen LogP contribution in [-0.2, 0) is 10.9 Å². The lowest BCUT2D eigenvalue weighted by Gasteiger charge is -2.14. The fraction of sp³-hybridized carbons (Fsp3) is 0.238. The van der Waals surface area contributed by atoms with Gasteiger partial charge in [0.1, 0.15) is 11.5 Å². The largest absolute Gasteiger partial charge is 0.462 e. The molecule has 0 atom stereocenters. The minimum atomic E-state index is -4.49. The summed E-state index contributed by atoms with van der Waals surface area (Å²) in [5.74, 6) is -0.0286. The first-order valence-corrected chi connectivity index (χ1v) is 9.12. The second-order valence-corrected chi connectivity index (χ2v) is 6.75. The van der Waals surface area contributed by atoms with Crippen LogP contribution in [0.2, 0.25) is 5.02 Å². The van der Waals surface area contributed by atoms with Crippen molar-refractivity contribution >= 4 is 28.5 Å². The van der Waals surface area contributed by atoms with Crippen molar-refractivity contribution in [2.75, 3.05) is 6.61 Å². The van der Waals surface area contributed by atoms with Gasteiger partial charge in [-0.2, -0.15) is 13.2 Å². The van der Waals surface area contributed by atoms with Crippen LogP contribution in [0.5, 0.6) is 11.5 Å². The maximum Gasteiger partial charge on any atom is 0.416 e. The molecule has 4 nitrogen and oxygen atoms in total. The summed E-state index contributed by atoms with van der Waals surface area (Å²) in [5, 5.41) is 0.505. The van der Waals surface area contributed by atoms with Crippen molar-refractivity contribution in [1.82, 2.24) is 4.98 Å². The number of pyridine rings is 1. The van der Waals surface area contributed by atoms with Crippen molar-refractivity contribution in [3.8, 4) is 11.5 Å². The van der Waals surface area contributed by atoms with E-state index in [1.807, 2.05) is 0 Å². The summed E-state index contributed by atoms with van der Waals surface area (Å²) in [4.78, 5) is 16.7. The number of carbonyl (C=O) groups excluding carboxylic acids is 1. The Bertz CT molecular complexity index is 1100. The summed E-state index contributed by atoms with van der Waals surface area (Å²) < 4.78 is 49.1. The highest BCUT2D eigenvalue weighted by Crippen LogP contribution is 2.37. The van der Waals surface area contributed by atoms with E-state index in [1.165, 1.54) is 6.07 Å². The zero-order chi connectivity index (χ0) is 21.3. The van der Waals surface area contributed by atoms with Crippen molar-refractivity contribution in [2.24, 2.45) is 0 Å². The number of halogens is 4. The minimum absolute atomic E-state index is 0.0855. The molecule has 0 saturated carbocycles. The average molecular weight is 424 g/mol. The lowest BCUT2D eigenvalue weighted by Crippen LogP contribution is -2.10. The molecule has 1 aromatic heterocycles. The van der Waals surface area contributed by atoms with Crippen LogP contribution in [0.1, 0.15) is 34.1 Å². The number of carbonyl (C=O) groups is 1. The van der Waals surface area contributed by atoms with Gasteiger partial charge in [0.2, 0.25) is 0 Å². The average Bonchev–Trinajstić information content (AvgIpc) is 2.63. The molecule has 3 aromatic rings. The van der Waals surface area contributed by atoms with Gasteiger partial charge in [0.25, 0.3) is 0 Å². The van der Waals surface area contributed by atoms with E-state index >= 15 is 0 Å². The van der Waals surface area contributed by atoms with Gasteiger partial charge in [-0.1, -0.05) is 11.6 Å². The van der Waals surface area contributed by atoms with Crippen molar-refractivity contribution in [3.05, 3.63) is 63.8 Å². The van der Waals surface area contributed by atoms with Crippen LogP contribution in [0.25, 0.3) is 10.9 Å². The van der Waals surface area contributed by atoms with Crippen LogP contribution < -0.4 is 4.74 Å². The third kappa shape index (κ3) is 4.29. The van der Waals surface area contributed by atoms with Crippen LogP contribution in [-0.4, -0.2) is 17.6 Å². The number of ether oxygens (including phenoxy) is 2. The van der Waals surface area contributed by atoms with Gasteiger partial charge >= 0.3 is 12.1 Å². The Morgan fingerprint density at radius 2 is 1.86 bits per heavy atom. The SMILES string of the molecule is CCOC(=O)c1c(C)nc2ccc(Oc3ccc(C(F)(F)F)cc3Cl)cc2c1C. The van der Waals surface area contributed by atoms with Crippen LogP contribution in [0, 0.1) is 13.8 Å². The van der Waals surface area contributed by atoms with Gasteiger partial charge in [0, 0.05) is 5.39 Å². The molecule has 1 heterocycles. The summed E-state index contributed by atoms with van der Waals surface area (Å²) >= 11 is 5.96. The first kappa shape index (κ1) is 20.9. The predicted molar refractivity (Wildman–Crippen MR) is 104 cm³/mol. The van der Waals surface area contributed by atoms with E-state index in [0.29, 0.717) is 33.5 Å². The molecule has 0 N–H and O–H groups in total. The molecule has 152 valence electrons. The Balaban J connectivity index is 2.00. The molecular formula is C21H17ClF3NO3. The smallest absolute Gasteiger partial charge is 0.416 e. The third-order valence-electron chi connectivity index (χ3n) is 4.36. The Kier molecular flexibility index (Phi) is 5.71. The molecule has 29 heavy (non-hydrogen) atoms. The highest BCUT2D eigenvalue weighted by Gasteiger charge is 2.31. The molecule has 0 fully saturated rings. The van der Waals surface area contributed by atoms with Gasteiger partial charge in [-0.05, 0) is 62.7 Å². The van der Waals surface area contributed by atoms with Gasteiger partial charge in [-0.25, -0.2) is 4.79 Å². The van der Waals surface area contributed by atoms with Crippen LogP contribution in [0.15, 0.2) is 36.4 Å². The first-order valence-electron chi connectivity index (χ1n) is 8.74. The van der Waals surface area contributed by atoms with Crippen molar-refractivity contribution < 1.29 is 27.4 Å². The molecule has 2 aromatic carbocycles. The van der Waals surface area contributed by atoms with Gasteiger partial charge in [0.05, 0.1) is 34.0 Å². The normalized spacial score (nSPS) is 11.6. The number of rotatable bonds is 4. The van der Waals surface area contributed by atoms with E-state index in [4.69, 9.17) is 21.1 Å². The van der Waals surface area contributed by atoms with E-state index in [9.17, 15) is 18.0 Å². The number of hydrogen-bond acceptors (Lipinski definition) is 4. The maximum atomic E-state index is 12.8. The number of alkyl halides is 3. The lowest BCUT2D eigenvalue weighted by molar-refractivity contribution is -0.137. The number of esters is 1. The summed E-state index contributed by atoms with van der Waals surface area (Å²) in [7, 11) is 0. The van der Waals surface area contributed by atoms with Crippen LogP contribution >= 0.6 is 11.6 Å². The first-order chi connectivity index (χ1) is 13.6. The summed E-state index contributed by atoms with van der Waals surface area (Å²) in [5.41, 5.74) is 1.40. The molecule has 8 heteroatoms. The molecule has 0 aliphatic rings. The monoisotopic (exact) mass is 423 g/mol. The molecule has 0 spiro atoms. The van der Waals surface area contributed by atoms with E-state index < -0.39 is 17.7 Å². The predicted octanol–water partition coefficient (Wildman–Crippen LogP) is 6.49. The Morgan fingerprint density at radius 1 is 1.14 bits per heavy atom. The van der Waals surface area contributed by atoms with Crippen LogP contribution in [0.4, 0.5) is 13.2 Å². The molecule has 0 bridgehead atoms. The highest BCUT2D eigenvalue weighted by atomic mass is 35.5. The fourth-order valence-electron chi connectivity index (χ4n) is 3.01. The van der Waals surface area contributed by atoms with E-state index in [0.717, 1.165) is 12.1 Å². The van der Waals surface area contributed by atoms with Crippen molar-refractivity contribution in [3.63, 3.8) is 0 Å². The van der Waals surface area contributed by atoms with E-state index in [-0.39, 0.29) is 17.4 Å². The van der Waals surface area contributed by atoms with Crippen LogP contribution in [0.3, 0.4) is 0 Å². The molecule has 0 aliphatic carbocycles. The number of aromatic nitrogens is 1. The highest BCUT2D eigenvalue weighted by molar-refractivity contribution is 6.32. The summed E-state index contributed by atoms with van der Waals surface area (Å²) in [6.45, 7) is 5.46. The zero-order valence-electron chi connectivity index (χ0n) is 15.9. The number of aryl methyl sites for hydroxylation is 2. The Labute approximate surface area is 170 Å². The molecule has 3 rings (SSSR count). The fourth-order valence-corrected chi connectivity index (χ4v) is 3.23. The number of nitrogens with zero attached hydrogens (tertiary/aromatic N) is 1. The van der Waals surface area contributed by atoms with Gasteiger partial charge in [-0.15, -0.1) is 0 Å². The summed E-state index contributed by atoms with van der Waals surface area (Å²) in [6, 6.07) is 7.88. The topological polar surface area (TPSA) is 48.4 Å². The lowest BCUT2D eigenvalue weighted by atomic mass is 10.0. The standard InChI is InChI=1S/C21H17ClF3NO3/c1-4-28-20(27)19-11(2)15-10-14(6-7-17(15)26-12(19)3)29-18-8-5-13(9-16(18)22)21(23,24)25/h5-10H,4H2,1-3H3. The van der Waals surface area contributed by atoms with Crippen molar-refractivity contribution in [1.29, 1.82) is 0 Å². The molecular weight excluding hydrogens is 407 g/mol. The van der Waals surface area contributed by atoms with Crippen molar-refractivity contribution in [2.45, 2.75) is 26.9 Å². The molecule has 0 saturated heterocycles. The molecule has 0 amide bonds. The quantitative estimate of drug-likeness (QED) is 0.450. The molecule has 0 unspecified atom stereocenters. The van der Waals surface area contributed by atoms with E-state index in [1.54, 1.807) is 39.0 Å². The number of fused-ring (bicyclic) bond motifs is 1. The zero-order valence-corrected chi connectivity index (χ0v) is 16.6. The third-order valence-corrected chi connectivity index (χ3v) is 4.66. The second-order valence-electron chi connectivity index (χ2n) is 6.34.